The Bertz CT molecular complexity index is 856. The third-order valence-electron chi connectivity index (χ3n) is 3.28. The molecule has 0 aliphatic carbocycles. The molecule has 2 aromatic carbocycles. The first-order valence-electron chi connectivity index (χ1n) is 7.40. The van der Waals surface area contributed by atoms with E-state index in [4.69, 9.17) is 0 Å². The van der Waals surface area contributed by atoms with E-state index in [2.05, 4.69) is 54.1 Å². The maximum absolute atomic E-state index is 10.3. The Morgan fingerprint density at radius 3 is 2.13 bits per heavy atom. The van der Waals surface area contributed by atoms with Crippen LogP contribution in [0.1, 0.15) is 13.3 Å². The van der Waals surface area contributed by atoms with E-state index in [0.29, 0.717) is 0 Å². The van der Waals surface area contributed by atoms with Gasteiger partial charge in [-0.3, -0.25) is 0 Å². The van der Waals surface area contributed by atoms with Crippen molar-refractivity contribution in [3.63, 3.8) is 0 Å². The minimum atomic E-state index is -4.25. The van der Waals surface area contributed by atoms with Crippen LogP contribution in [0.15, 0.2) is 77.8 Å². The number of aromatic nitrogens is 1. The Hall–Kier alpha value is -2.24. The van der Waals surface area contributed by atoms with Crippen molar-refractivity contribution in [3.05, 3.63) is 72.9 Å². The highest BCUT2D eigenvalue weighted by Crippen LogP contribution is 2.07. The predicted octanol–water partition coefficient (Wildman–Crippen LogP) is 3.13. The summed E-state index contributed by atoms with van der Waals surface area (Å²) in [6.45, 7) is 3.30. The molecule has 0 saturated heterocycles. The van der Waals surface area contributed by atoms with Crippen LogP contribution < -0.4 is 4.57 Å². The first kappa shape index (κ1) is 17.1. The van der Waals surface area contributed by atoms with Gasteiger partial charge in [0, 0.05) is 23.9 Å². The monoisotopic (exact) mass is 329 g/mol. The second-order valence-corrected chi connectivity index (χ2v) is 6.41. The molecule has 0 radical (unpaired) electrons. The van der Waals surface area contributed by atoms with Crippen LogP contribution in [0.3, 0.4) is 0 Å². The summed E-state index contributed by atoms with van der Waals surface area (Å²) in [4.78, 5) is -0.185. The van der Waals surface area contributed by atoms with Crippen molar-refractivity contribution in [2.45, 2.75) is 24.8 Å². The van der Waals surface area contributed by atoms with Crippen molar-refractivity contribution in [1.82, 2.24) is 0 Å². The molecule has 0 aliphatic rings. The molecule has 0 spiro atoms. The van der Waals surface area contributed by atoms with Crippen LogP contribution in [-0.2, 0) is 16.7 Å². The lowest BCUT2D eigenvalue weighted by atomic mass is 10.2. The van der Waals surface area contributed by atoms with Crippen LogP contribution in [0.4, 0.5) is 0 Å². The van der Waals surface area contributed by atoms with Crippen LogP contribution in [0.25, 0.3) is 10.9 Å². The summed E-state index contributed by atoms with van der Waals surface area (Å²) in [6, 6.07) is 20.0. The normalized spacial score (nSPS) is 10.9. The highest BCUT2D eigenvalue weighted by Gasteiger charge is 2.04. The zero-order valence-corrected chi connectivity index (χ0v) is 13.7. The number of nitrogens with zero attached hydrogens (tertiary/aromatic N) is 1. The lowest BCUT2D eigenvalue weighted by Gasteiger charge is -2.04. The van der Waals surface area contributed by atoms with Crippen molar-refractivity contribution in [3.8, 4) is 0 Å². The maximum Gasteiger partial charge on any atom is 0.212 e. The van der Waals surface area contributed by atoms with Crippen molar-refractivity contribution in [2.75, 3.05) is 0 Å². The van der Waals surface area contributed by atoms with Gasteiger partial charge in [0.1, 0.15) is 16.7 Å². The van der Waals surface area contributed by atoms with Gasteiger partial charge in [0.05, 0.1) is 4.90 Å². The third kappa shape index (κ3) is 4.87. The van der Waals surface area contributed by atoms with Gasteiger partial charge in [-0.05, 0) is 24.3 Å². The van der Waals surface area contributed by atoms with Crippen molar-refractivity contribution < 1.29 is 17.5 Å². The topological polar surface area (TPSA) is 61.1 Å². The molecule has 3 rings (SSSR count). The lowest BCUT2D eigenvalue weighted by Crippen LogP contribution is -2.33. The average Bonchev–Trinajstić information content (AvgIpc) is 2.56. The fraction of sp³-hybridized carbons (Fsp3) is 0.167. The van der Waals surface area contributed by atoms with Crippen LogP contribution in [0.5, 0.6) is 0 Å². The maximum atomic E-state index is 10.3. The molecule has 1 aromatic heterocycles. The number of rotatable bonds is 3. The molecule has 0 bridgehead atoms. The van der Waals surface area contributed by atoms with E-state index in [9.17, 15) is 13.0 Å². The fourth-order valence-corrected chi connectivity index (χ4v) is 2.73. The third-order valence-corrected chi connectivity index (χ3v) is 4.13. The smallest absolute Gasteiger partial charge is 0.212 e. The molecule has 120 valence electrons. The Morgan fingerprint density at radius 2 is 1.52 bits per heavy atom. The highest BCUT2D eigenvalue weighted by atomic mass is 32.2. The molecule has 3 aromatic rings. The number of fused-ring (bicyclic) bond motifs is 1. The van der Waals surface area contributed by atoms with Crippen molar-refractivity contribution in [1.29, 1.82) is 0 Å². The standard InChI is InChI=1S/C12H14N.C6H6O3S/c1-2-9-13-10-5-7-11-6-3-4-8-12(11)13;7-10(8,9)6-4-2-1-3-5-6/h3-8,10H,2,9H2,1H3;1-5H,(H,7,8,9)/q+1;/p-1. The van der Waals surface area contributed by atoms with Crippen molar-refractivity contribution in [2.24, 2.45) is 0 Å². The first-order chi connectivity index (χ1) is 11.0. The van der Waals surface area contributed by atoms with Crippen LogP contribution in [-0.4, -0.2) is 13.0 Å². The van der Waals surface area contributed by atoms with Gasteiger partial charge in [-0.1, -0.05) is 37.3 Å². The summed E-state index contributed by atoms with van der Waals surface area (Å²) in [5.41, 5.74) is 1.33. The molecule has 0 saturated carbocycles. The Morgan fingerprint density at radius 1 is 0.913 bits per heavy atom. The minimum absolute atomic E-state index is 0.185. The molecule has 5 heteroatoms. The number of hydrogen-bond donors (Lipinski definition) is 0. The molecule has 0 amide bonds. The summed E-state index contributed by atoms with van der Waals surface area (Å²) in [6.07, 6.45) is 3.32. The van der Waals surface area contributed by atoms with E-state index in [1.54, 1.807) is 6.07 Å². The van der Waals surface area contributed by atoms with E-state index in [1.165, 1.54) is 41.6 Å². The molecule has 0 unspecified atom stereocenters. The van der Waals surface area contributed by atoms with Gasteiger partial charge in [0.2, 0.25) is 5.52 Å². The number of hydrogen-bond acceptors (Lipinski definition) is 3. The predicted molar refractivity (Wildman–Crippen MR) is 88.8 cm³/mol. The molecule has 4 nitrogen and oxygen atoms in total. The molecule has 0 N–H and O–H groups in total. The summed E-state index contributed by atoms with van der Waals surface area (Å²) in [5.74, 6) is 0. The SMILES string of the molecule is CCC[n+]1cccc2ccccc21.O=S(=O)([O-])c1ccccc1. The molecule has 1 heterocycles. The summed E-state index contributed by atoms with van der Waals surface area (Å²) >= 11 is 0. The molecule has 0 atom stereocenters. The zero-order valence-electron chi connectivity index (χ0n) is 12.9. The van der Waals surface area contributed by atoms with Crippen LogP contribution >= 0.6 is 0 Å². The van der Waals surface area contributed by atoms with E-state index in [-0.39, 0.29) is 4.90 Å². The Kier molecular flexibility index (Phi) is 5.84. The molecule has 23 heavy (non-hydrogen) atoms. The number of benzene rings is 2. The molecular formula is C18H19NO3S. The molecule has 0 fully saturated rings. The Balaban J connectivity index is 0.000000174. The second-order valence-electron chi connectivity index (χ2n) is 5.03. The van der Waals surface area contributed by atoms with Crippen LogP contribution in [0.2, 0.25) is 0 Å². The van der Waals surface area contributed by atoms with Crippen molar-refractivity contribution >= 4 is 21.0 Å². The van der Waals surface area contributed by atoms with Gasteiger partial charge in [-0.25, -0.2) is 8.42 Å². The quantitative estimate of drug-likeness (QED) is 0.548. The van der Waals surface area contributed by atoms with Gasteiger partial charge >= 0.3 is 0 Å². The zero-order chi connectivity index (χ0) is 16.7. The number of pyridine rings is 1. The van der Waals surface area contributed by atoms with E-state index in [0.717, 1.165) is 6.54 Å². The van der Waals surface area contributed by atoms with Gasteiger partial charge in [-0.2, -0.15) is 4.57 Å². The summed E-state index contributed by atoms with van der Waals surface area (Å²) in [5, 5.41) is 1.32. The van der Waals surface area contributed by atoms with Gasteiger partial charge in [0.25, 0.3) is 0 Å². The fourth-order valence-electron chi connectivity index (χ4n) is 2.24. The van der Waals surface area contributed by atoms with Gasteiger partial charge in [0.15, 0.2) is 6.20 Å². The number of para-hydroxylation sites is 1. The first-order valence-corrected chi connectivity index (χ1v) is 8.81. The average molecular weight is 329 g/mol. The highest BCUT2D eigenvalue weighted by molar-refractivity contribution is 7.85. The molecule has 0 aliphatic heterocycles. The van der Waals surface area contributed by atoms with Gasteiger partial charge in [-0.15, -0.1) is 0 Å². The largest absolute Gasteiger partial charge is 0.744 e. The van der Waals surface area contributed by atoms with Gasteiger partial charge < -0.3 is 4.55 Å². The van der Waals surface area contributed by atoms with E-state index >= 15 is 0 Å². The summed E-state index contributed by atoms with van der Waals surface area (Å²) in [7, 11) is -4.25. The summed E-state index contributed by atoms with van der Waals surface area (Å²) < 4.78 is 33.1. The van der Waals surface area contributed by atoms with Crippen LogP contribution in [0, 0.1) is 0 Å². The van der Waals surface area contributed by atoms with E-state index < -0.39 is 10.1 Å². The number of aryl methyl sites for hydroxylation is 1. The van der Waals surface area contributed by atoms with E-state index in [1.807, 2.05) is 0 Å². The minimum Gasteiger partial charge on any atom is -0.744 e. The molecular weight excluding hydrogens is 310 g/mol. The second kappa shape index (κ2) is 7.85. The lowest BCUT2D eigenvalue weighted by molar-refractivity contribution is -0.671. The Labute approximate surface area is 136 Å².